The maximum Gasteiger partial charge on any atom is 0.353 e. The predicted octanol–water partition coefficient (Wildman–Crippen LogP) is 1.31. The highest BCUT2D eigenvalue weighted by Gasteiger charge is 2.48. The molecule has 2 atom stereocenters. The number of oxime groups is 1. The van der Waals surface area contributed by atoms with Gasteiger partial charge < -0.3 is 20.0 Å². The number of hydrogen-bond acceptors (Lipinski definition) is 6. The highest BCUT2D eigenvalue weighted by Crippen LogP contribution is 2.30. The Morgan fingerprint density at radius 2 is 2.09 bits per heavy atom. The van der Waals surface area contributed by atoms with Gasteiger partial charge in [-0.25, -0.2) is 4.79 Å². The molecule has 1 aromatic carbocycles. The molecule has 0 spiro atoms. The summed E-state index contributed by atoms with van der Waals surface area (Å²) in [6.45, 7) is 0.324. The average Bonchev–Trinajstić information content (AvgIpc) is 2.93. The largest absolute Gasteiger partial charge is 0.466 e. The molecule has 7 heteroatoms. The third kappa shape index (κ3) is 3.97. The van der Waals surface area contributed by atoms with Crippen molar-refractivity contribution in [3.05, 3.63) is 35.9 Å². The number of ether oxygens (including phenoxy) is 2. The van der Waals surface area contributed by atoms with E-state index in [1.807, 2.05) is 30.3 Å². The smallest absolute Gasteiger partial charge is 0.353 e. The number of methoxy groups -OCH3 is 2. The van der Waals surface area contributed by atoms with Gasteiger partial charge in [0.15, 0.2) is 0 Å². The van der Waals surface area contributed by atoms with Crippen LogP contribution in [-0.4, -0.2) is 44.2 Å². The van der Waals surface area contributed by atoms with E-state index in [2.05, 4.69) is 5.16 Å². The van der Waals surface area contributed by atoms with Gasteiger partial charge in [0, 0.05) is 20.0 Å². The van der Waals surface area contributed by atoms with E-state index in [0.29, 0.717) is 25.2 Å². The van der Waals surface area contributed by atoms with Gasteiger partial charge in [-0.05, 0) is 5.56 Å². The summed E-state index contributed by atoms with van der Waals surface area (Å²) in [6.07, 6.45) is 0.687. The molecule has 0 amide bonds. The monoisotopic (exact) mass is 328 g/mol. The number of nitrogens with zero attached hydrogens (tertiary/aromatic N) is 1. The maximum absolute atomic E-state index is 12.2. The van der Waals surface area contributed by atoms with Gasteiger partial charge in [0.2, 0.25) is 5.60 Å². The number of carbonyl (C=O) groups excluding carboxylic acids is 1. The van der Waals surface area contributed by atoms with Gasteiger partial charge >= 0.3 is 5.97 Å². The summed E-state index contributed by atoms with van der Waals surface area (Å²) in [5.41, 5.74) is 6.40. The second kappa shape index (κ2) is 8.12. The van der Waals surface area contributed by atoms with E-state index < -0.39 is 17.6 Å². The molecule has 1 aliphatic rings. The zero-order valence-electron chi connectivity index (χ0n) is 12.7. The first-order valence-electron chi connectivity index (χ1n) is 6.73. The van der Waals surface area contributed by atoms with Crippen LogP contribution in [0.1, 0.15) is 12.0 Å². The van der Waals surface area contributed by atoms with E-state index >= 15 is 0 Å². The second-order valence-corrected chi connectivity index (χ2v) is 5.06. The van der Waals surface area contributed by atoms with Gasteiger partial charge in [0.1, 0.15) is 0 Å². The summed E-state index contributed by atoms with van der Waals surface area (Å²) in [4.78, 5) is 17.6. The molecule has 2 N–H and O–H groups in total. The van der Waals surface area contributed by atoms with Crippen molar-refractivity contribution in [1.29, 1.82) is 0 Å². The Balaban J connectivity index is 0.00000242. The summed E-state index contributed by atoms with van der Waals surface area (Å²) in [5.74, 6) is -0.449. The minimum absolute atomic E-state index is 0. The van der Waals surface area contributed by atoms with Crippen molar-refractivity contribution in [2.45, 2.75) is 24.5 Å². The first-order chi connectivity index (χ1) is 10.1. The number of esters is 1. The van der Waals surface area contributed by atoms with Crippen molar-refractivity contribution in [3.63, 3.8) is 0 Å². The maximum atomic E-state index is 12.2. The van der Waals surface area contributed by atoms with Gasteiger partial charge in [-0.3, -0.25) is 0 Å². The van der Waals surface area contributed by atoms with Crippen LogP contribution in [0.15, 0.2) is 35.5 Å². The molecule has 0 radical (unpaired) electrons. The average molecular weight is 329 g/mol. The van der Waals surface area contributed by atoms with E-state index in [4.69, 9.17) is 20.0 Å². The molecule has 0 saturated carbocycles. The van der Waals surface area contributed by atoms with Crippen LogP contribution in [-0.2, 0) is 25.5 Å². The molecule has 0 saturated heterocycles. The normalized spacial score (nSPS) is 21.3. The highest BCUT2D eigenvalue weighted by molar-refractivity contribution is 5.96. The van der Waals surface area contributed by atoms with Gasteiger partial charge in [-0.2, -0.15) is 0 Å². The third-order valence-electron chi connectivity index (χ3n) is 3.47. The Morgan fingerprint density at radius 1 is 1.41 bits per heavy atom. The topological polar surface area (TPSA) is 83.1 Å². The van der Waals surface area contributed by atoms with Crippen LogP contribution in [0.25, 0.3) is 0 Å². The molecule has 1 unspecified atom stereocenters. The van der Waals surface area contributed by atoms with E-state index in [1.54, 1.807) is 7.11 Å². The van der Waals surface area contributed by atoms with Crippen LogP contribution < -0.4 is 5.73 Å². The summed E-state index contributed by atoms with van der Waals surface area (Å²) in [6, 6.07) is 9.21. The van der Waals surface area contributed by atoms with Crippen LogP contribution in [0, 0.1) is 0 Å². The number of nitrogens with two attached hydrogens (primary N) is 1. The lowest BCUT2D eigenvalue weighted by molar-refractivity contribution is -0.166. The van der Waals surface area contributed by atoms with Crippen LogP contribution in [0.4, 0.5) is 0 Å². The number of carbonyl (C=O) groups is 1. The Morgan fingerprint density at radius 3 is 2.68 bits per heavy atom. The Labute approximate surface area is 136 Å². The quantitative estimate of drug-likeness (QED) is 0.796. The molecule has 0 bridgehead atoms. The molecule has 0 aliphatic carbocycles. The van der Waals surface area contributed by atoms with Crippen molar-refractivity contribution in [1.82, 2.24) is 0 Å². The van der Waals surface area contributed by atoms with Crippen molar-refractivity contribution in [2.24, 2.45) is 10.9 Å². The lowest BCUT2D eigenvalue weighted by Crippen LogP contribution is -2.44. The minimum atomic E-state index is -1.14. The predicted molar refractivity (Wildman–Crippen MR) is 85.1 cm³/mol. The number of hydrogen-bond donors (Lipinski definition) is 1. The lowest BCUT2D eigenvalue weighted by Gasteiger charge is -2.24. The molecule has 1 aliphatic heterocycles. The third-order valence-corrected chi connectivity index (χ3v) is 3.47. The molecule has 1 aromatic rings. The first-order valence-corrected chi connectivity index (χ1v) is 6.73. The van der Waals surface area contributed by atoms with Gasteiger partial charge in [0.25, 0.3) is 0 Å². The molecule has 22 heavy (non-hydrogen) atoms. The molecule has 1 heterocycles. The summed E-state index contributed by atoms with van der Waals surface area (Å²) in [7, 11) is 2.90. The van der Waals surface area contributed by atoms with Crippen LogP contribution in [0.5, 0.6) is 0 Å². The fourth-order valence-corrected chi connectivity index (χ4v) is 2.37. The van der Waals surface area contributed by atoms with Crippen molar-refractivity contribution >= 4 is 24.1 Å². The summed E-state index contributed by atoms with van der Waals surface area (Å²) >= 11 is 0. The molecule has 2 rings (SSSR count). The van der Waals surface area contributed by atoms with Crippen molar-refractivity contribution < 1.29 is 19.1 Å². The molecule has 0 fully saturated rings. The van der Waals surface area contributed by atoms with Gasteiger partial charge in [-0.1, -0.05) is 35.5 Å². The van der Waals surface area contributed by atoms with E-state index in [0.717, 1.165) is 5.56 Å². The van der Waals surface area contributed by atoms with Crippen LogP contribution in [0.2, 0.25) is 0 Å². The lowest BCUT2D eigenvalue weighted by atomic mass is 9.88. The molecule has 122 valence electrons. The Kier molecular flexibility index (Phi) is 6.80. The summed E-state index contributed by atoms with van der Waals surface area (Å²) < 4.78 is 9.90. The molecular weight excluding hydrogens is 308 g/mol. The second-order valence-electron chi connectivity index (χ2n) is 5.06. The standard InChI is InChI=1S/C15H20N2O4.ClH/c1-19-10-12(16)13-9-15(21-17-13,14(18)20-2)8-11-6-4-3-5-7-11;/h3-7,12H,8-10,16H2,1-2H3;1H/t12-,15?;/m0./s1. The van der Waals surface area contributed by atoms with E-state index in [9.17, 15) is 4.79 Å². The molecule has 6 nitrogen and oxygen atoms in total. The Hall–Kier alpha value is -1.63. The van der Waals surface area contributed by atoms with Crippen LogP contribution >= 0.6 is 12.4 Å². The fraction of sp³-hybridized carbons (Fsp3) is 0.467. The van der Waals surface area contributed by atoms with E-state index in [-0.39, 0.29) is 12.4 Å². The molecule has 0 aromatic heterocycles. The summed E-state index contributed by atoms with van der Waals surface area (Å²) in [5, 5.41) is 3.98. The zero-order valence-corrected chi connectivity index (χ0v) is 13.5. The molecular formula is C15H21ClN2O4. The number of rotatable bonds is 6. The van der Waals surface area contributed by atoms with Crippen molar-refractivity contribution in [2.75, 3.05) is 20.8 Å². The fourth-order valence-electron chi connectivity index (χ4n) is 2.37. The Bertz CT molecular complexity index is 524. The zero-order chi connectivity index (χ0) is 15.3. The van der Waals surface area contributed by atoms with E-state index in [1.165, 1.54) is 7.11 Å². The first kappa shape index (κ1) is 18.4. The van der Waals surface area contributed by atoms with Gasteiger partial charge in [0.05, 0.1) is 25.5 Å². The number of halogens is 1. The highest BCUT2D eigenvalue weighted by atomic mass is 35.5. The number of benzene rings is 1. The van der Waals surface area contributed by atoms with Crippen molar-refractivity contribution in [3.8, 4) is 0 Å². The van der Waals surface area contributed by atoms with Crippen LogP contribution in [0.3, 0.4) is 0 Å². The van der Waals surface area contributed by atoms with Gasteiger partial charge in [-0.15, -0.1) is 12.4 Å². The minimum Gasteiger partial charge on any atom is -0.466 e. The SMILES string of the molecule is COC[C@H](N)C1=NOC(Cc2ccccc2)(C(=O)OC)C1.Cl.